The minimum Gasteiger partial charge on any atom is -0.494 e. The normalized spacial score (nSPS) is 21.0. The Hall–Kier alpha value is -2.79. The first-order chi connectivity index (χ1) is 16.3. The number of aromatic amines is 1. The number of nitrogens with zero attached hydrogens (tertiary/aromatic N) is 1. The fraction of sp³-hybridized carbons (Fsp3) is 0.464. The minimum atomic E-state index is 0.0710. The number of rotatable bonds is 8. The van der Waals surface area contributed by atoms with Crippen LogP contribution in [0.15, 0.2) is 54.7 Å². The lowest BCUT2D eigenvalue weighted by molar-refractivity contribution is -0.116. The lowest BCUT2D eigenvalue weighted by Gasteiger charge is -2.42. The number of fused-ring (bicyclic) bond motifs is 2. The van der Waals surface area contributed by atoms with Crippen molar-refractivity contribution in [1.29, 1.82) is 0 Å². The van der Waals surface area contributed by atoms with Gasteiger partial charge in [0.25, 0.3) is 0 Å². The molecule has 0 spiro atoms. The predicted octanol–water partition coefficient (Wildman–Crippen LogP) is 6.09. The van der Waals surface area contributed by atoms with E-state index in [1.54, 1.807) is 0 Å². The summed E-state index contributed by atoms with van der Waals surface area (Å²) in [5.41, 5.74) is 3.47. The maximum atomic E-state index is 12.5. The number of hydrogen-bond acceptors (Lipinski definition) is 3. The second-order valence-electron chi connectivity index (χ2n) is 9.58. The third-order valence-electron chi connectivity index (χ3n) is 7.32. The number of hydrogen-bond donors (Lipinski definition) is 2. The van der Waals surface area contributed by atoms with Crippen molar-refractivity contribution in [1.82, 2.24) is 9.88 Å². The third kappa shape index (κ3) is 5.41. The molecule has 2 aliphatic heterocycles. The van der Waals surface area contributed by atoms with Crippen LogP contribution in [0.4, 0.5) is 5.69 Å². The molecule has 3 aromatic rings. The lowest BCUT2D eigenvalue weighted by Crippen LogP contribution is -2.44. The number of ether oxygens (including phenoxy) is 1. The monoisotopic (exact) mass is 445 g/mol. The van der Waals surface area contributed by atoms with Gasteiger partial charge >= 0.3 is 0 Å². The van der Waals surface area contributed by atoms with Gasteiger partial charge in [0, 0.05) is 35.2 Å². The van der Waals surface area contributed by atoms with Gasteiger partial charge < -0.3 is 19.9 Å². The highest BCUT2D eigenvalue weighted by Crippen LogP contribution is 2.38. The average molecular weight is 446 g/mol. The molecule has 3 heterocycles. The molecule has 0 radical (unpaired) electrons. The summed E-state index contributed by atoms with van der Waals surface area (Å²) >= 11 is 0. The van der Waals surface area contributed by atoms with Crippen molar-refractivity contribution in [2.75, 3.05) is 25.0 Å². The van der Waals surface area contributed by atoms with Crippen molar-refractivity contribution >= 4 is 22.5 Å². The van der Waals surface area contributed by atoms with Crippen molar-refractivity contribution in [3.63, 3.8) is 0 Å². The lowest BCUT2D eigenvalue weighted by atomic mass is 9.82. The van der Waals surface area contributed by atoms with Crippen molar-refractivity contribution in [3.8, 4) is 5.75 Å². The summed E-state index contributed by atoms with van der Waals surface area (Å²) in [6, 6.07) is 16.8. The Labute approximate surface area is 196 Å². The van der Waals surface area contributed by atoms with E-state index in [9.17, 15) is 4.79 Å². The van der Waals surface area contributed by atoms with Gasteiger partial charge in [0.1, 0.15) is 5.75 Å². The maximum absolute atomic E-state index is 12.5. The summed E-state index contributed by atoms with van der Waals surface area (Å²) in [4.78, 5) is 18.7. The van der Waals surface area contributed by atoms with Crippen LogP contribution in [0.25, 0.3) is 10.9 Å². The van der Waals surface area contributed by atoms with Gasteiger partial charge in [0.15, 0.2) is 0 Å². The molecule has 0 bridgehead atoms. The largest absolute Gasteiger partial charge is 0.494 e. The molecule has 5 nitrogen and oxygen atoms in total. The number of para-hydroxylation sites is 1. The van der Waals surface area contributed by atoms with E-state index in [1.165, 1.54) is 56.1 Å². The van der Waals surface area contributed by atoms with Crippen molar-refractivity contribution in [3.05, 3.63) is 60.3 Å². The van der Waals surface area contributed by atoms with Gasteiger partial charge in [-0.3, -0.25) is 4.79 Å². The number of anilines is 1. The molecule has 33 heavy (non-hydrogen) atoms. The second kappa shape index (κ2) is 10.4. The average Bonchev–Trinajstić information content (AvgIpc) is 3.27. The molecular weight excluding hydrogens is 410 g/mol. The summed E-state index contributed by atoms with van der Waals surface area (Å²) in [6.45, 7) is 3.13. The van der Waals surface area contributed by atoms with Gasteiger partial charge in [-0.05, 0) is 93.4 Å². The molecule has 5 rings (SSSR count). The van der Waals surface area contributed by atoms with Gasteiger partial charge in [0.05, 0.1) is 6.61 Å². The van der Waals surface area contributed by atoms with E-state index in [0.717, 1.165) is 35.8 Å². The molecule has 2 atom stereocenters. The molecule has 2 aliphatic rings. The Balaban J connectivity index is 1.14. The predicted molar refractivity (Wildman–Crippen MR) is 134 cm³/mol. The summed E-state index contributed by atoms with van der Waals surface area (Å²) in [7, 11) is 0. The summed E-state index contributed by atoms with van der Waals surface area (Å²) in [6.07, 6.45) is 11.0. The van der Waals surface area contributed by atoms with Crippen LogP contribution < -0.4 is 10.1 Å². The molecule has 2 saturated heterocycles. The van der Waals surface area contributed by atoms with Gasteiger partial charge in [-0.1, -0.05) is 24.6 Å². The zero-order valence-corrected chi connectivity index (χ0v) is 19.4. The Morgan fingerprint density at radius 3 is 2.88 bits per heavy atom. The number of aromatic nitrogens is 1. The summed E-state index contributed by atoms with van der Waals surface area (Å²) in [5, 5.41) is 4.37. The Morgan fingerprint density at radius 1 is 1.06 bits per heavy atom. The van der Waals surface area contributed by atoms with Crippen LogP contribution in [0.1, 0.15) is 62.8 Å². The van der Waals surface area contributed by atoms with Crippen LogP contribution in [0.3, 0.4) is 0 Å². The van der Waals surface area contributed by atoms with Crippen LogP contribution in [0, 0.1) is 0 Å². The van der Waals surface area contributed by atoms with Crippen molar-refractivity contribution < 1.29 is 9.53 Å². The van der Waals surface area contributed by atoms with E-state index in [1.807, 2.05) is 36.4 Å². The number of H-pyrrole nitrogens is 1. The fourth-order valence-electron chi connectivity index (χ4n) is 5.55. The number of carbonyl (C=O) groups is 1. The highest BCUT2D eigenvalue weighted by atomic mass is 16.5. The minimum absolute atomic E-state index is 0.0710. The van der Waals surface area contributed by atoms with E-state index in [4.69, 9.17) is 4.74 Å². The van der Waals surface area contributed by atoms with Gasteiger partial charge in [-0.2, -0.15) is 0 Å². The number of unbranched alkanes of at least 4 members (excludes halogenated alkanes) is 1. The Morgan fingerprint density at radius 2 is 1.97 bits per heavy atom. The van der Waals surface area contributed by atoms with Crippen LogP contribution in [0.2, 0.25) is 0 Å². The zero-order valence-electron chi connectivity index (χ0n) is 19.4. The Kier molecular flexibility index (Phi) is 6.96. The topological polar surface area (TPSA) is 57.4 Å². The van der Waals surface area contributed by atoms with Crippen LogP contribution >= 0.6 is 0 Å². The molecule has 0 saturated carbocycles. The molecule has 1 amide bonds. The number of benzene rings is 2. The number of nitrogens with one attached hydrogen (secondary N) is 2. The molecular formula is C28H35N3O2. The smallest absolute Gasteiger partial charge is 0.224 e. The van der Waals surface area contributed by atoms with Gasteiger partial charge in [-0.15, -0.1) is 0 Å². The molecule has 2 fully saturated rings. The molecule has 5 heteroatoms. The zero-order chi connectivity index (χ0) is 22.5. The molecule has 2 N–H and O–H groups in total. The van der Waals surface area contributed by atoms with Crippen LogP contribution in [-0.2, 0) is 4.79 Å². The number of amides is 1. The van der Waals surface area contributed by atoms with Crippen LogP contribution in [0.5, 0.6) is 5.75 Å². The van der Waals surface area contributed by atoms with Gasteiger partial charge in [0.2, 0.25) is 5.91 Å². The van der Waals surface area contributed by atoms with Crippen molar-refractivity contribution in [2.45, 2.75) is 63.3 Å². The maximum Gasteiger partial charge on any atom is 0.224 e. The highest BCUT2D eigenvalue weighted by molar-refractivity contribution is 5.94. The van der Waals surface area contributed by atoms with Crippen LogP contribution in [-0.4, -0.2) is 41.5 Å². The summed E-state index contributed by atoms with van der Waals surface area (Å²) < 4.78 is 5.71. The molecule has 2 unspecified atom stereocenters. The Bertz CT molecular complexity index is 1060. The van der Waals surface area contributed by atoms with Gasteiger partial charge in [-0.25, -0.2) is 0 Å². The fourth-order valence-corrected chi connectivity index (χ4v) is 5.55. The quantitative estimate of drug-likeness (QED) is 0.413. The van der Waals surface area contributed by atoms with E-state index >= 15 is 0 Å². The SMILES string of the molecule is O=C(CCCCOc1ccccc1)Nc1ccc2[nH]cc(C3CCN4CCCCC4C3)c2c1. The first-order valence-corrected chi connectivity index (χ1v) is 12.6. The molecule has 1 aromatic heterocycles. The first-order valence-electron chi connectivity index (χ1n) is 12.6. The molecule has 2 aromatic carbocycles. The molecule has 0 aliphatic carbocycles. The number of piperidine rings is 2. The van der Waals surface area contributed by atoms with E-state index in [2.05, 4.69) is 33.5 Å². The van der Waals surface area contributed by atoms with E-state index in [-0.39, 0.29) is 5.91 Å². The van der Waals surface area contributed by atoms with E-state index in [0.29, 0.717) is 18.9 Å². The first kappa shape index (κ1) is 22.0. The standard InChI is InChI=1S/C28H35N3O2/c32-28(11-5-7-17-33-24-9-2-1-3-10-24)30-22-12-13-27-25(19-22)26(20-29-27)21-14-16-31-15-6-4-8-23(31)18-21/h1-3,9-10,12-13,19-21,23,29H,4-8,11,14-18H2,(H,30,32). The molecule has 174 valence electrons. The van der Waals surface area contributed by atoms with E-state index < -0.39 is 0 Å². The second-order valence-corrected chi connectivity index (χ2v) is 9.58. The number of carbonyl (C=O) groups excluding carboxylic acids is 1. The highest BCUT2D eigenvalue weighted by Gasteiger charge is 2.31. The van der Waals surface area contributed by atoms with Crippen molar-refractivity contribution in [2.24, 2.45) is 0 Å². The summed E-state index contributed by atoms with van der Waals surface area (Å²) in [5.74, 6) is 1.56. The third-order valence-corrected chi connectivity index (χ3v) is 7.32.